The molecule has 11 heavy (non-hydrogen) atoms. The minimum absolute atomic E-state index is 0.0486. The van der Waals surface area contributed by atoms with Gasteiger partial charge in [0.25, 0.3) is 5.91 Å². The molecule has 1 aliphatic rings. The Labute approximate surface area is 66.7 Å². The Morgan fingerprint density at radius 1 is 1.64 bits per heavy atom. The Bertz CT molecular complexity index is 141. The van der Waals surface area contributed by atoms with Crippen LogP contribution in [-0.2, 0) is 9.63 Å². The minimum Gasteiger partial charge on any atom is -0.301 e. The molecule has 1 amide bonds. The van der Waals surface area contributed by atoms with Crippen molar-refractivity contribution >= 4 is 5.91 Å². The molecule has 0 aromatic rings. The molecule has 1 heterocycles. The number of carbonyl (C=O) groups excluding carboxylic acids is 1. The van der Waals surface area contributed by atoms with Crippen molar-refractivity contribution in [1.82, 2.24) is 9.96 Å². The zero-order chi connectivity index (χ0) is 8.27. The van der Waals surface area contributed by atoms with E-state index in [2.05, 4.69) is 0 Å². The molecule has 4 heteroatoms. The van der Waals surface area contributed by atoms with Crippen LogP contribution in [0.5, 0.6) is 0 Å². The van der Waals surface area contributed by atoms with Crippen molar-refractivity contribution in [2.75, 3.05) is 33.8 Å². The fourth-order valence-electron chi connectivity index (χ4n) is 0.994. The molecule has 0 N–H and O–H groups in total. The van der Waals surface area contributed by atoms with E-state index >= 15 is 0 Å². The number of carbonyl (C=O) groups is 1. The second-order valence-corrected chi connectivity index (χ2v) is 2.92. The van der Waals surface area contributed by atoms with Gasteiger partial charge in [0.2, 0.25) is 0 Å². The summed E-state index contributed by atoms with van der Waals surface area (Å²) in [7, 11) is 3.74. The van der Waals surface area contributed by atoms with Gasteiger partial charge in [-0.25, -0.2) is 5.06 Å². The van der Waals surface area contributed by atoms with Crippen LogP contribution in [0, 0.1) is 0 Å². The molecule has 1 fully saturated rings. The monoisotopic (exact) mass is 158 g/mol. The molecular formula is C7H14N2O2. The summed E-state index contributed by atoms with van der Waals surface area (Å²) in [4.78, 5) is 18.1. The second-order valence-electron chi connectivity index (χ2n) is 2.92. The van der Waals surface area contributed by atoms with E-state index < -0.39 is 0 Å². The van der Waals surface area contributed by atoms with Crippen LogP contribution in [0.1, 0.15) is 6.42 Å². The topological polar surface area (TPSA) is 32.8 Å². The van der Waals surface area contributed by atoms with Gasteiger partial charge in [-0.1, -0.05) is 0 Å². The van der Waals surface area contributed by atoms with Gasteiger partial charge in [-0.05, 0) is 20.5 Å². The van der Waals surface area contributed by atoms with Gasteiger partial charge in [0, 0.05) is 0 Å². The fraction of sp³-hybridized carbons (Fsp3) is 0.857. The van der Waals surface area contributed by atoms with Crippen LogP contribution < -0.4 is 0 Å². The number of rotatable bonds is 2. The average molecular weight is 158 g/mol. The Balaban J connectivity index is 2.28. The van der Waals surface area contributed by atoms with Crippen LogP contribution in [-0.4, -0.2) is 49.7 Å². The summed E-state index contributed by atoms with van der Waals surface area (Å²) in [5, 5.41) is 1.44. The van der Waals surface area contributed by atoms with E-state index in [1.54, 1.807) is 0 Å². The van der Waals surface area contributed by atoms with E-state index in [1.807, 2.05) is 19.0 Å². The molecule has 0 spiro atoms. The van der Waals surface area contributed by atoms with Crippen molar-refractivity contribution in [3.8, 4) is 0 Å². The summed E-state index contributed by atoms with van der Waals surface area (Å²) >= 11 is 0. The number of nitrogens with zero attached hydrogens (tertiary/aromatic N) is 2. The number of hydrogen-bond donors (Lipinski definition) is 0. The Kier molecular flexibility index (Phi) is 2.84. The molecule has 0 saturated carbocycles. The fourth-order valence-corrected chi connectivity index (χ4v) is 0.994. The highest BCUT2D eigenvalue weighted by Gasteiger charge is 2.18. The molecule has 1 aliphatic heterocycles. The highest BCUT2D eigenvalue weighted by molar-refractivity contribution is 5.77. The first-order valence-electron chi connectivity index (χ1n) is 3.78. The minimum atomic E-state index is 0.0486. The van der Waals surface area contributed by atoms with Crippen LogP contribution in [0.2, 0.25) is 0 Å². The van der Waals surface area contributed by atoms with E-state index in [0.29, 0.717) is 13.2 Å². The lowest BCUT2D eigenvalue weighted by molar-refractivity contribution is -0.169. The maximum Gasteiger partial charge on any atom is 0.260 e. The van der Waals surface area contributed by atoms with Gasteiger partial charge in [-0.2, -0.15) is 0 Å². The van der Waals surface area contributed by atoms with E-state index in [4.69, 9.17) is 4.84 Å². The molecule has 0 aliphatic carbocycles. The molecule has 0 atom stereocenters. The SMILES string of the molecule is CN(C)CC(=O)N1CCCO1. The molecule has 0 aromatic carbocycles. The first kappa shape index (κ1) is 8.49. The highest BCUT2D eigenvalue weighted by Crippen LogP contribution is 2.03. The lowest BCUT2D eigenvalue weighted by Gasteiger charge is -2.16. The second kappa shape index (κ2) is 3.69. The molecule has 0 aromatic heterocycles. The Hall–Kier alpha value is -0.610. The van der Waals surface area contributed by atoms with Gasteiger partial charge in [0.05, 0.1) is 19.7 Å². The zero-order valence-electron chi connectivity index (χ0n) is 7.04. The molecular weight excluding hydrogens is 144 g/mol. The molecule has 1 saturated heterocycles. The summed E-state index contributed by atoms with van der Waals surface area (Å²) in [6, 6.07) is 0. The van der Waals surface area contributed by atoms with Crippen LogP contribution in [0.4, 0.5) is 0 Å². The van der Waals surface area contributed by atoms with Gasteiger partial charge in [-0.3, -0.25) is 9.63 Å². The largest absolute Gasteiger partial charge is 0.301 e. The van der Waals surface area contributed by atoms with E-state index in [1.165, 1.54) is 5.06 Å². The first-order valence-corrected chi connectivity index (χ1v) is 3.78. The van der Waals surface area contributed by atoms with Crippen molar-refractivity contribution in [2.45, 2.75) is 6.42 Å². The van der Waals surface area contributed by atoms with Crippen LogP contribution in [0.15, 0.2) is 0 Å². The summed E-state index contributed by atoms with van der Waals surface area (Å²) in [6.07, 6.45) is 0.958. The summed E-state index contributed by atoms with van der Waals surface area (Å²) in [5.41, 5.74) is 0. The Morgan fingerprint density at radius 2 is 2.36 bits per heavy atom. The molecule has 0 radical (unpaired) electrons. The van der Waals surface area contributed by atoms with Crippen molar-refractivity contribution < 1.29 is 9.63 Å². The normalized spacial score (nSPS) is 17.9. The van der Waals surface area contributed by atoms with Crippen LogP contribution in [0.25, 0.3) is 0 Å². The lowest BCUT2D eigenvalue weighted by Crippen LogP contribution is -2.34. The summed E-state index contributed by atoms with van der Waals surface area (Å²) in [6.45, 7) is 1.85. The number of amides is 1. The standard InChI is InChI=1S/C7H14N2O2/c1-8(2)6-7(10)9-4-3-5-11-9/h3-6H2,1-2H3. The molecule has 0 unspecified atom stereocenters. The lowest BCUT2D eigenvalue weighted by atomic mass is 10.4. The third kappa shape index (κ3) is 2.48. The van der Waals surface area contributed by atoms with Gasteiger partial charge in [-0.15, -0.1) is 0 Å². The van der Waals surface area contributed by atoms with Gasteiger partial charge >= 0.3 is 0 Å². The average Bonchev–Trinajstić information content (AvgIpc) is 2.35. The third-order valence-corrected chi connectivity index (χ3v) is 1.48. The Morgan fingerprint density at radius 3 is 2.82 bits per heavy atom. The van der Waals surface area contributed by atoms with Crippen LogP contribution >= 0.6 is 0 Å². The predicted molar refractivity (Wildman–Crippen MR) is 40.8 cm³/mol. The molecule has 64 valence electrons. The number of hydroxylamine groups is 2. The van der Waals surface area contributed by atoms with Crippen LogP contribution in [0.3, 0.4) is 0 Å². The van der Waals surface area contributed by atoms with Crippen molar-refractivity contribution in [1.29, 1.82) is 0 Å². The quantitative estimate of drug-likeness (QED) is 0.553. The molecule has 0 bridgehead atoms. The van der Waals surface area contributed by atoms with E-state index in [0.717, 1.165) is 13.0 Å². The van der Waals surface area contributed by atoms with E-state index in [-0.39, 0.29) is 5.91 Å². The maximum atomic E-state index is 11.2. The number of likely N-dealkylation sites (N-methyl/N-ethyl adjacent to an activating group) is 1. The van der Waals surface area contributed by atoms with Crippen molar-refractivity contribution in [2.24, 2.45) is 0 Å². The summed E-state index contributed by atoms with van der Waals surface area (Å²) in [5.74, 6) is 0.0486. The van der Waals surface area contributed by atoms with Gasteiger partial charge in [0.15, 0.2) is 0 Å². The van der Waals surface area contributed by atoms with Gasteiger partial charge < -0.3 is 4.90 Å². The van der Waals surface area contributed by atoms with Crippen molar-refractivity contribution in [3.05, 3.63) is 0 Å². The van der Waals surface area contributed by atoms with E-state index in [9.17, 15) is 4.79 Å². The predicted octanol–water partition coefficient (Wildman–Crippen LogP) is -0.288. The smallest absolute Gasteiger partial charge is 0.260 e. The highest BCUT2D eigenvalue weighted by atomic mass is 16.7. The third-order valence-electron chi connectivity index (χ3n) is 1.48. The number of hydrogen-bond acceptors (Lipinski definition) is 3. The zero-order valence-corrected chi connectivity index (χ0v) is 7.04. The molecule has 4 nitrogen and oxygen atoms in total. The maximum absolute atomic E-state index is 11.2. The van der Waals surface area contributed by atoms with Crippen molar-refractivity contribution in [3.63, 3.8) is 0 Å². The first-order chi connectivity index (χ1) is 5.20. The van der Waals surface area contributed by atoms with Gasteiger partial charge in [0.1, 0.15) is 0 Å². The molecule has 1 rings (SSSR count). The summed E-state index contributed by atoms with van der Waals surface area (Å²) < 4.78 is 0.